The fourth-order valence-corrected chi connectivity index (χ4v) is 13.9. The van der Waals surface area contributed by atoms with Crippen molar-refractivity contribution in [1.82, 2.24) is 0 Å². The second-order valence-electron chi connectivity index (χ2n) is 28.3. The van der Waals surface area contributed by atoms with Crippen LogP contribution in [0, 0.1) is 96.6 Å². The van der Waals surface area contributed by atoms with Gasteiger partial charge in [0, 0.05) is 107 Å². The van der Waals surface area contributed by atoms with Crippen LogP contribution in [0.2, 0.25) is 0 Å². The molecule has 552 valence electrons. The van der Waals surface area contributed by atoms with Crippen molar-refractivity contribution in [2.45, 2.75) is 104 Å². The Balaban J connectivity index is 0.000000163. The molecule has 0 amide bonds. The van der Waals surface area contributed by atoms with Crippen molar-refractivity contribution < 1.29 is 43.4 Å². The van der Waals surface area contributed by atoms with Gasteiger partial charge in [-0.2, -0.15) is 0 Å². The van der Waals surface area contributed by atoms with Crippen molar-refractivity contribution in [3.05, 3.63) is 388 Å². The molecule has 0 saturated carbocycles. The Labute approximate surface area is 679 Å². The molecule has 5 nitrogen and oxygen atoms in total. The van der Waals surface area contributed by atoms with E-state index in [4.69, 9.17) is 20.6 Å². The van der Waals surface area contributed by atoms with Crippen LogP contribution in [0.5, 0.6) is 0 Å². The molecule has 0 bridgehead atoms. The summed E-state index contributed by atoms with van der Waals surface area (Å²) >= 11 is 0. The van der Waals surface area contributed by atoms with E-state index in [9.17, 15) is 0 Å². The summed E-state index contributed by atoms with van der Waals surface area (Å²) in [5.41, 5.74) is 32.9. The largest absolute Gasteiger partial charge is 0.212 e. The van der Waals surface area contributed by atoms with Gasteiger partial charge in [0.05, 0.1) is 0 Å². The molecule has 5 aromatic heterocycles. The minimum atomic E-state index is -2.23. The molecular formula is C105H112N5+5. The number of hydrogen-bond acceptors (Lipinski definition) is 0. The zero-order valence-corrected chi connectivity index (χ0v) is 65.2. The second-order valence-corrected chi connectivity index (χ2v) is 28.3. The summed E-state index contributed by atoms with van der Waals surface area (Å²) < 4.78 is 126. The van der Waals surface area contributed by atoms with Gasteiger partial charge >= 0.3 is 0 Å². The first-order valence-electron chi connectivity index (χ1n) is 44.3. The van der Waals surface area contributed by atoms with Crippen LogP contribution < -0.4 is 22.8 Å². The lowest BCUT2D eigenvalue weighted by Gasteiger charge is -2.12. The maximum absolute atomic E-state index is 7.94. The van der Waals surface area contributed by atoms with Gasteiger partial charge in [-0.25, -0.2) is 22.8 Å². The summed E-state index contributed by atoms with van der Waals surface area (Å²) in [6.45, 7) is 7.85. The molecule has 5 heterocycles. The summed E-state index contributed by atoms with van der Waals surface area (Å²) in [6, 6.07) is 92.3. The second kappa shape index (κ2) is 36.7. The van der Waals surface area contributed by atoms with E-state index < -0.39 is 34.3 Å². The van der Waals surface area contributed by atoms with E-state index in [1.54, 1.807) is 60.5 Å². The zero-order chi connectivity index (χ0) is 90.1. The maximum Gasteiger partial charge on any atom is 0.212 e. The van der Waals surface area contributed by atoms with Crippen LogP contribution in [-0.4, -0.2) is 0 Å². The first-order chi connectivity index (χ1) is 58.5. The highest BCUT2D eigenvalue weighted by molar-refractivity contribution is 5.80. The highest BCUT2D eigenvalue weighted by Crippen LogP contribution is 2.36. The maximum atomic E-state index is 7.94. The van der Waals surface area contributed by atoms with Gasteiger partial charge in [0.25, 0.3) is 0 Å². The molecule has 110 heavy (non-hydrogen) atoms. The number of pyridine rings is 5. The Morgan fingerprint density at radius 3 is 0.882 bits per heavy atom. The van der Waals surface area contributed by atoms with Crippen LogP contribution in [0.15, 0.2) is 310 Å². The average Bonchev–Trinajstić information content (AvgIpc) is 0.730. The molecule has 0 N–H and O–H groups in total. The third-order valence-electron chi connectivity index (χ3n) is 20.2. The van der Waals surface area contributed by atoms with E-state index in [1.165, 1.54) is 55.8 Å². The molecule has 0 aliphatic heterocycles. The van der Waals surface area contributed by atoms with Crippen molar-refractivity contribution in [3.8, 4) is 112 Å². The highest BCUT2D eigenvalue weighted by Gasteiger charge is 2.21. The standard InChI is InChI=1S/C22H24N.2C21H22N.2C20H20N.CH4/c1-15-12-22(23(5)14-18(15)4)21-13-20(16(2)11-17(21)3)19-9-7-6-8-10-19;1-15-10-11-19(18-8-6-5-7-9-18)13-20(15)21-12-16(2)17(3)14-22(21)4;1-15-10-11-21(22(4)14-15)20-13-19(16(2)12-17(20)3)18-8-6-5-7-9-18;1-15-13-16(2)19(20-11-7-8-12-21(20)3)14-18(15)17-9-5-4-6-10-17;1-15-9-12-20(21(3)14-15)19-13-18(11-10-16(19)2)17-7-5-4-6-8-17;/h6-14H,1-5H3;2*5-14H,1-4H3;2*4-14H,1-3H3;1H4/q5*+1;/i;3D3;1D3,2D3;2*1D3;. The summed E-state index contributed by atoms with van der Waals surface area (Å²) in [6.07, 6.45) is 9.23. The van der Waals surface area contributed by atoms with E-state index in [0.717, 1.165) is 101 Å². The predicted octanol–water partition coefficient (Wildman–Crippen LogP) is 24.2. The zero-order valence-electron chi connectivity index (χ0n) is 80.2. The van der Waals surface area contributed by atoms with Gasteiger partial charge in [0.1, 0.15) is 35.2 Å². The molecule has 5 heteroatoms. The van der Waals surface area contributed by atoms with Crippen LogP contribution >= 0.6 is 0 Å². The smallest absolute Gasteiger partial charge is 0.201 e. The molecule has 15 aromatic rings. The van der Waals surface area contributed by atoms with Crippen LogP contribution in [0.3, 0.4) is 0 Å². The van der Waals surface area contributed by atoms with Crippen molar-refractivity contribution in [1.29, 1.82) is 0 Å². The average molecular weight is 1460 g/mol. The molecule has 0 spiro atoms. The van der Waals surface area contributed by atoms with Crippen molar-refractivity contribution in [2.75, 3.05) is 0 Å². The fourth-order valence-electron chi connectivity index (χ4n) is 13.9. The summed E-state index contributed by atoms with van der Waals surface area (Å²) in [5, 5.41) is 0. The predicted molar refractivity (Wildman–Crippen MR) is 465 cm³/mol. The van der Waals surface area contributed by atoms with E-state index in [2.05, 4.69) is 169 Å². The van der Waals surface area contributed by atoms with Crippen LogP contribution in [0.1, 0.15) is 106 Å². The lowest BCUT2D eigenvalue weighted by molar-refractivity contribution is -0.660. The van der Waals surface area contributed by atoms with Crippen LogP contribution in [0.25, 0.3) is 112 Å². The van der Waals surface area contributed by atoms with Crippen LogP contribution in [-0.2, 0) is 35.2 Å². The van der Waals surface area contributed by atoms with Crippen LogP contribution in [0.4, 0.5) is 0 Å². The molecule has 15 rings (SSSR count). The lowest BCUT2D eigenvalue weighted by Crippen LogP contribution is -2.31. The fraction of sp³-hybridized carbons (Fsp3) is 0.190. The van der Waals surface area contributed by atoms with E-state index >= 15 is 0 Å². The van der Waals surface area contributed by atoms with Gasteiger partial charge in [0.15, 0.2) is 31.0 Å². The van der Waals surface area contributed by atoms with Gasteiger partial charge in [0.2, 0.25) is 28.5 Å². The normalized spacial score (nSPS) is 13.2. The number of aromatic nitrogens is 5. The Morgan fingerprint density at radius 1 is 0.191 bits per heavy atom. The molecule has 0 saturated heterocycles. The monoisotopic (exact) mass is 1460 g/mol. The quantitative estimate of drug-likeness (QED) is 0.122. The topological polar surface area (TPSA) is 19.4 Å². The minimum absolute atomic E-state index is 0. The molecule has 0 aliphatic carbocycles. The molecule has 0 atom stereocenters. The number of benzene rings is 10. The van der Waals surface area contributed by atoms with Crippen molar-refractivity contribution >= 4 is 0 Å². The van der Waals surface area contributed by atoms with Crippen molar-refractivity contribution in [3.63, 3.8) is 0 Å². The van der Waals surface area contributed by atoms with Crippen molar-refractivity contribution in [2.24, 2.45) is 35.2 Å². The molecule has 0 radical (unpaired) electrons. The summed E-state index contributed by atoms with van der Waals surface area (Å²) in [4.78, 5) is 0. The number of aryl methyl sites for hydroxylation is 19. The number of hydrogen-bond donors (Lipinski definition) is 0. The summed E-state index contributed by atoms with van der Waals surface area (Å²) in [7, 11) is 9.71. The molecule has 0 aliphatic rings. The van der Waals surface area contributed by atoms with Gasteiger partial charge < -0.3 is 0 Å². The van der Waals surface area contributed by atoms with E-state index in [0.29, 0.717) is 27.8 Å². The minimum Gasteiger partial charge on any atom is -0.201 e. The van der Waals surface area contributed by atoms with Gasteiger partial charge in [-0.1, -0.05) is 202 Å². The molecular weight excluding hydrogens is 1330 g/mol. The SMILES string of the molecule is C.Cc1cc(-c2cc(-c3ccccc3)c(C)cc2C)[n+](C)cc1C.[2H]C([2H])([2H])c1c[n+](C)c(-c2cc(-c3ccccc3)ccc2C)cc1C.[2H]C([2H])([2H])c1cc(C)c(-c2cccc[n+]2C)cc1-c1ccccc1.[2H]C([2H])([2H])c1ccc(-c2cc(-c3ccccc3)c(C([2H])([2H])[2H])cc2C)[n+](C)c1.[2H]C([2H])([2H])c1ccc(-c2cc(-c3ccccc3)ccc2C)[n+](C)c1. The van der Waals surface area contributed by atoms with E-state index in [-0.39, 0.29) is 13.0 Å². The van der Waals surface area contributed by atoms with Gasteiger partial charge in [-0.15, -0.1) is 0 Å². The number of nitrogens with zero attached hydrogens (tertiary/aromatic N) is 5. The van der Waals surface area contributed by atoms with Gasteiger partial charge in [-0.05, 0) is 256 Å². The third kappa shape index (κ3) is 19.4. The Hall–Kier alpha value is -12.1. The first kappa shape index (κ1) is 61.9. The first-order valence-corrected chi connectivity index (χ1v) is 36.8. The Bertz CT molecular complexity index is 6300. The van der Waals surface area contributed by atoms with E-state index in [1.807, 2.05) is 201 Å². The third-order valence-corrected chi connectivity index (χ3v) is 20.2. The Morgan fingerprint density at radius 2 is 0.500 bits per heavy atom. The molecule has 10 aromatic carbocycles. The Kier molecular flexibility index (Phi) is 20.7. The summed E-state index contributed by atoms with van der Waals surface area (Å²) in [5.74, 6) is 0. The lowest BCUT2D eigenvalue weighted by atomic mass is 9.93. The highest BCUT2D eigenvalue weighted by atomic mass is 14.9. The van der Waals surface area contributed by atoms with Gasteiger partial charge in [-0.3, -0.25) is 0 Å². The molecule has 0 fully saturated rings. The molecule has 0 unspecified atom stereocenters. The number of rotatable bonds is 10.